The fourth-order valence-electron chi connectivity index (χ4n) is 1.47. The largest absolute Gasteiger partial charge is 0.276 e. The van der Waals surface area contributed by atoms with Gasteiger partial charge in [-0.25, -0.2) is 4.99 Å². The van der Waals surface area contributed by atoms with Crippen LogP contribution in [-0.2, 0) is 0 Å². The lowest BCUT2D eigenvalue weighted by atomic mass is 10.2. The van der Waals surface area contributed by atoms with E-state index in [4.69, 9.17) is 5.26 Å². The lowest BCUT2D eigenvalue weighted by Crippen LogP contribution is -2.18. The molecule has 2 aromatic rings. The monoisotopic (exact) mass is 236 g/mol. The Labute approximate surface area is 106 Å². The average molecular weight is 236 g/mol. The van der Waals surface area contributed by atoms with E-state index < -0.39 is 0 Å². The highest BCUT2D eigenvalue weighted by Crippen LogP contribution is 2.13. The number of amidine groups is 1. The molecule has 1 N–H and O–H groups in total. The fraction of sp³-hybridized carbons (Fsp3) is 0.0714. The Bertz CT molecular complexity index is 579. The maximum atomic E-state index is 8.76. The van der Waals surface area contributed by atoms with Gasteiger partial charge in [0.05, 0.1) is 5.69 Å². The van der Waals surface area contributed by atoms with Crippen LogP contribution in [-0.4, -0.2) is 10.8 Å². The van der Waals surface area contributed by atoms with E-state index in [1.807, 2.05) is 43.4 Å². The number of nitrogens with zero attached hydrogens (tertiary/aromatic N) is 3. The number of aromatic nitrogens is 1. The lowest BCUT2D eigenvalue weighted by Gasteiger charge is -2.03. The van der Waals surface area contributed by atoms with Crippen LogP contribution in [0.25, 0.3) is 0 Å². The molecule has 1 heterocycles. The molecule has 18 heavy (non-hydrogen) atoms. The summed E-state index contributed by atoms with van der Waals surface area (Å²) < 4.78 is 0. The molecule has 0 saturated heterocycles. The normalized spacial score (nSPS) is 10.8. The molecule has 0 aliphatic rings. The SMILES string of the molecule is Cc1ccc(/N=C(\NC#N)c2cccnc2)cc1. The molecule has 4 nitrogen and oxygen atoms in total. The topological polar surface area (TPSA) is 61.1 Å². The van der Waals surface area contributed by atoms with Gasteiger partial charge >= 0.3 is 0 Å². The van der Waals surface area contributed by atoms with Crippen molar-refractivity contribution in [1.82, 2.24) is 10.3 Å². The van der Waals surface area contributed by atoms with Gasteiger partial charge < -0.3 is 0 Å². The summed E-state index contributed by atoms with van der Waals surface area (Å²) in [6.07, 6.45) is 5.23. The molecule has 0 amide bonds. The van der Waals surface area contributed by atoms with Crippen LogP contribution < -0.4 is 5.32 Å². The van der Waals surface area contributed by atoms with Crippen molar-refractivity contribution < 1.29 is 0 Å². The van der Waals surface area contributed by atoms with E-state index in [2.05, 4.69) is 15.3 Å². The number of pyridine rings is 1. The molecule has 1 aromatic carbocycles. The lowest BCUT2D eigenvalue weighted by molar-refractivity contribution is 1.22. The van der Waals surface area contributed by atoms with E-state index in [0.29, 0.717) is 5.84 Å². The molecule has 0 atom stereocenters. The van der Waals surface area contributed by atoms with Crippen molar-refractivity contribution in [2.45, 2.75) is 6.92 Å². The number of aryl methyl sites for hydroxylation is 1. The predicted molar refractivity (Wildman–Crippen MR) is 70.4 cm³/mol. The number of nitriles is 1. The van der Waals surface area contributed by atoms with Crippen molar-refractivity contribution in [1.29, 1.82) is 5.26 Å². The van der Waals surface area contributed by atoms with Gasteiger partial charge in [0, 0.05) is 18.0 Å². The molecule has 0 spiro atoms. The first kappa shape index (κ1) is 11.8. The number of rotatable bonds is 2. The zero-order valence-corrected chi connectivity index (χ0v) is 9.96. The van der Waals surface area contributed by atoms with Crippen LogP contribution in [0.4, 0.5) is 5.69 Å². The minimum Gasteiger partial charge on any atom is -0.276 e. The van der Waals surface area contributed by atoms with E-state index in [1.54, 1.807) is 18.5 Å². The van der Waals surface area contributed by atoms with Crippen molar-refractivity contribution in [3.63, 3.8) is 0 Å². The van der Waals surface area contributed by atoms with Gasteiger partial charge in [-0.05, 0) is 31.2 Å². The molecule has 0 aliphatic carbocycles. The van der Waals surface area contributed by atoms with Crippen LogP contribution in [0.1, 0.15) is 11.1 Å². The second kappa shape index (κ2) is 5.60. The van der Waals surface area contributed by atoms with Crippen molar-refractivity contribution >= 4 is 11.5 Å². The Morgan fingerprint density at radius 1 is 1.28 bits per heavy atom. The summed E-state index contributed by atoms with van der Waals surface area (Å²) in [6, 6.07) is 11.4. The minimum atomic E-state index is 0.495. The van der Waals surface area contributed by atoms with Gasteiger partial charge in [-0.3, -0.25) is 10.3 Å². The molecule has 0 bridgehead atoms. The van der Waals surface area contributed by atoms with Crippen molar-refractivity contribution in [2.24, 2.45) is 4.99 Å². The smallest absolute Gasteiger partial charge is 0.182 e. The summed E-state index contributed by atoms with van der Waals surface area (Å²) >= 11 is 0. The fourth-order valence-corrected chi connectivity index (χ4v) is 1.47. The Kier molecular flexibility index (Phi) is 3.67. The van der Waals surface area contributed by atoms with Gasteiger partial charge in [-0.1, -0.05) is 17.7 Å². The van der Waals surface area contributed by atoms with E-state index in [-0.39, 0.29) is 0 Å². The molecular formula is C14H12N4. The zero-order chi connectivity index (χ0) is 12.8. The highest BCUT2D eigenvalue weighted by molar-refractivity contribution is 6.00. The first-order valence-corrected chi connectivity index (χ1v) is 5.50. The van der Waals surface area contributed by atoms with Gasteiger partial charge in [-0.2, -0.15) is 5.26 Å². The molecule has 2 rings (SSSR count). The van der Waals surface area contributed by atoms with Crippen LogP contribution in [0.15, 0.2) is 53.8 Å². The van der Waals surface area contributed by atoms with Gasteiger partial charge in [0.2, 0.25) is 0 Å². The summed E-state index contributed by atoms with van der Waals surface area (Å²) in [7, 11) is 0. The highest BCUT2D eigenvalue weighted by Gasteiger charge is 2.02. The van der Waals surface area contributed by atoms with Crippen molar-refractivity contribution in [3.05, 3.63) is 59.9 Å². The Balaban J connectivity index is 2.36. The van der Waals surface area contributed by atoms with E-state index in [1.165, 1.54) is 5.56 Å². The molecule has 0 saturated carbocycles. The summed E-state index contributed by atoms with van der Waals surface area (Å²) in [6.45, 7) is 2.02. The average Bonchev–Trinajstić information content (AvgIpc) is 2.42. The summed E-state index contributed by atoms with van der Waals surface area (Å²) in [5.41, 5.74) is 2.74. The van der Waals surface area contributed by atoms with E-state index in [9.17, 15) is 0 Å². The third-order valence-electron chi connectivity index (χ3n) is 2.38. The van der Waals surface area contributed by atoms with Gasteiger partial charge in [-0.15, -0.1) is 0 Å². The second-order valence-electron chi connectivity index (χ2n) is 3.77. The van der Waals surface area contributed by atoms with Crippen LogP contribution in [0.2, 0.25) is 0 Å². The molecule has 1 aromatic heterocycles. The van der Waals surface area contributed by atoms with Crippen LogP contribution in [0, 0.1) is 18.4 Å². The van der Waals surface area contributed by atoms with Gasteiger partial charge in [0.15, 0.2) is 6.19 Å². The Morgan fingerprint density at radius 2 is 2.06 bits per heavy atom. The molecule has 0 radical (unpaired) electrons. The maximum absolute atomic E-state index is 8.76. The standard InChI is InChI=1S/C14H12N4/c1-11-4-6-13(7-5-11)18-14(17-10-15)12-3-2-8-16-9-12/h2-9H,1H3,(H,17,18). The third kappa shape index (κ3) is 2.92. The number of aliphatic imine (C=N–C) groups is 1. The van der Waals surface area contributed by atoms with Crippen LogP contribution in [0.3, 0.4) is 0 Å². The molecule has 4 heteroatoms. The van der Waals surface area contributed by atoms with Gasteiger partial charge in [0.1, 0.15) is 5.84 Å². The third-order valence-corrected chi connectivity index (χ3v) is 2.38. The summed E-state index contributed by atoms with van der Waals surface area (Å²) in [4.78, 5) is 8.42. The van der Waals surface area contributed by atoms with Crippen molar-refractivity contribution in [2.75, 3.05) is 0 Å². The Hall–Kier alpha value is -2.67. The summed E-state index contributed by atoms with van der Waals surface area (Å²) in [5.74, 6) is 0.495. The first-order chi connectivity index (χ1) is 8.79. The first-order valence-electron chi connectivity index (χ1n) is 5.50. The molecule has 88 valence electrons. The summed E-state index contributed by atoms with van der Waals surface area (Å²) in [5, 5.41) is 11.3. The molecule has 0 aliphatic heterocycles. The van der Waals surface area contributed by atoms with E-state index in [0.717, 1.165) is 11.3 Å². The zero-order valence-electron chi connectivity index (χ0n) is 9.96. The number of nitrogens with one attached hydrogen (secondary N) is 1. The van der Waals surface area contributed by atoms with E-state index >= 15 is 0 Å². The highest BCUT2D eigenvalue weighted by atomic mass is 15.0. The second-order valence-corrected chi connectivity index (χ2v) is 3.77. The van der Waals surface area contributed by atoms with Crippen molar-refractivity contribution in [3.8, 4) is 6.19 Å². The van der Waals surface area contributed by atoms with Crippen LogP contribution in [0.5, 0.6) is 0 Å². The quantitative estimate of drug-likeness (QED) is 0.377. The maximum Gasteiger partial charge on any atom is 0.182 e. The predicted octanol–water partition coefficient (Wildman–Crippen LogP) is 2.54. The van der Waals surface area contributed by atoms with Gasteiger partial charge in [0.25, 0.3) is 0 Å². The Morgan fingerprint density at radius 3 is 2.67 bits per heavy atom. The molecular weight excluding hydrogens is 224 g/mol. The number of hydrogen-bond acceptors (Lipinski definition) is 3. The van der Waals surface area contributed by atoms with Crippen LogP contribution >= 0.6 is 0 Å². The molecule has 0 unspecified atom stereocenters. The number of benzene rings is 1. The number of hydrogen-bond donors (Lipinski definition) is 1. The minimum absolute atomic E-state index is 0.495. The molecule has 0 fully saturated rings.